The van der Waals surface area contributed by atoms with E-state index in [1.54, 1.807) is 6.20 Å². The Morgan fingerprint density at radius 2 is 1.73 bits per heavy atom. The molecule has 4 aromatic rings. The van der Waals surface area contributed by atoms with E-state index in [0.29, 0.717) is 17.4 Å². The second-order valence-electron chi connectivity index (χ2n) is 10.5. The molecular formula is C32H33F3N4OS. The number of carbonyl (C=O) groups excluding carboxylic acids is 1. The van der Waals surface area contributed by atoms with Crippen LogP contribution in [0.15, 0.2) is 90.1 Å². The SMILES string of the molecule is Cn1ccnc1CN(C(=O)C1CC1c1ccccc1)c1ccc2c(c1)CCCC2.NSc1ccc(C(F)(F)F)cc1. The number of benzene rings is 3. The van der Waals surface area contributed by atoms with E-state index in [4.69, 9.17) is 5.14 Å². The van der Waals surface area contributed by atoms with Gasteiger partial charge < -0.3 is 9.47 Å². The van der Waals surface area contributed by atoms with E-state index in [2.05, 4.69) is 47.4 Å². The Kier molecular flexibility index (Phi) is 8.85. The molecule has 0 saturated heterocycles. The third kappa shape index (κ3) is 7.02. The Balaban J connectivity index is 0.000000237. The summed E-state index contributed by atoms with van der Waals surface area (Å²) in [5, 5.41) is 5.14. The summed E-state index contributed by atoms with van der Waals surface area (Å²) < 4.78 is 38.0. The molecule has 2 N–H and O–H groups in total. The molecule has 2 aliphatic carbocycles. The van der Waals surface area contributed by atoms with Gasteiger partial charge in [-0.1, -0.05) is 36.4 Å². The van der Waals surface area contributed by atoms with Gasteiger partial charge in [-0.3, -0.25) is 9.93 Å². The lowest BCUT2D eigenvalue weighted by atomic mass is 9.91. The number of amides is 1. The standard InChI is InChI=1S/C25H27N3O.C7H6F3NS/c1-27-14-13-26-24(27)17-28(21-12-11-18-7-5-6-10-20(18)15-21)25(29)23-16-22(23)19-8-3-2-4-9-19;8-7(9,10)5-1-3-6(12-11)4-2-5/h2-4,8-9,11-15,22-23H,5-7,10,16-17H2,1H3;1-4H,11H2. The van der Waals surface area contributed by atoms with Gasteiger partial charge in [0.1, 0.15) is 5.82 Å². The van der Waals surface area contributed by atoms with Crippen molar-refractivity contribution in [3.63, 3.8) is 0 Å². The number of halogens is 3. The zero-order valence-electron chi connectivity index (χ0n) is 22.8. The average molecular weight is 579 g/mol. The van der Waals surface area contributed by atoms with Gasteiger partial charge >= 0.3 is 6.18 Å². The number of alkyl halides is 3. The maximum atomic E-state index is 13.6. The molecule has 2 unspecified atom stereocenters. The van der Waals surface area contributed by atoms with Crippen molar-refractivity contribution in [3.8, 4) is 0 Å². The predicted molar refractivity (Wildman–Crippen MR) is 156 cm³/mol. The van der Waals surface area contributed by atoms with Crippen LogP contribution in [-0.2, 0) is 37.4 Å². The van der Waals surface area contributed by atoms with Gasteiger partial charge in [-0.25, -0.2) is 4.98 Å². The van der Waals surface area contributed by atoms with E-state index >= 15 is 0 Å². The van der Waals surface area contributed by atoms with Crippen LogP contribution < -0.4 is 10.0 Å². The molecule has 0 aliphatic heterocycles. The van der Waals surface area contributed by atoms with Crippen LogP contribution in [0.2, 0.25) is 0 Å². The van der Waals surface area contributed by atoms with Crippen LogP contribution in [0.5, 0.6) is 0 Å². The highest BCUT2D eigenvalue weighted by molar-refractivity contribution is 7.97. The number of fused-ring (bicyclic) bond motifs is 1. The number of nitrogens with two attached hydrogens (primary N) is 1. The predicted octanol–water partition coefficient (Wildman–Crippen LogP) is 7.31. The van der Waals surface area contributed by atoms with E-state index in [1.165, 1.54) is 41.7 Å². The Labute approximate surface area is 242 Å². The second kappa shape index (κ2) is 12.5. The highest BCUT2D eigenvalue weighted by Crippen LogP contribution is 2.49. The van der Waals surface area contributed by atoms with Crippen molar-refractivity contribution in [1.82, 2.24) is 9.55 Å². The monoisotopic (exact) mass is 578 g/mol. The molecule has 1 saturated carbocycles. The van der Waals surface area contributed by atoms with Gasteiger partial charge in [0, 0.05) is 35.9 Å². The lowest BCUT2D eigenvalue weighted by molar-refractivity contribution is -0.137. The fraction of sp³-hybridized carbons (Fsp3) is 0.312. The number of rotatable bonds is 6. The molecule has 0 bridgehead atoms. The van der Waals surface area contributed by atoms with Crippen LogP contribution in [0.4, 0.5) is 18.9 Å². The smallest absolute Gasteiger partial charge is 0.337 e. The Bertz CT molecular complexity index is 1470. The van der Waals surface area contributed by atoms with Gasteiger partial charge in [-0.15, -0.1) is 0 Å². The topological polar surface area (TPSA) is 64.2 Å². The van der Waals surface area contributed by atoms with Crippen molar-refractivity contribution in [3.05, 3.63) is 113 Å². The van der Waals surface area contributed by atoms with Gasteiger partial charge in [0.2, 0.25) is 5.91 Å². The van der Waals surface area contributed by atoms with Gasteiger partial charge in [0.25, 0.3) is 0 Å². The van der Waals surface area contributed by atoms with Crippen molar-refractivity contribution in [2.24, 2.45) is 18.1 Å². The molecule has 1 amide bonds. The number of anilines is 1. The summed E-state index contributed by atoms with van der Waals surface area (Å²) in [6, 6.07) is 21.7. The van der Waals surface area contributed by atoms with E-state index in [1.807, 2.05) is 28.8 Å². The lowest BCUT2D eigenvalue weighted by Gasteiger charge is -2.25. The first-order chi connectivity index (χ1) is 19.7. The molecule has 0 spiro atoms. The molecule has 1 aromatic heterocycles. The van der Waals surface area contributed by atoms with Crippen LogP contribution >= 0.6 is 11.9 Å². The van der Waals surface area contributed by atoms with Crippen molar-refractivity contribution in [2.45, 2.75) is 55.6 Å². The Morgan fingerprint density at radius 3 is 2.37 bits per heavy atom. The average Bonchev–Trinajstić information content (AvgIpc) is 3.70. The minimum atomic E-state index is -4.27. The molecule has 214 valence electrons. The first-order valence-electron chi connectivity index (χ1n) is 13.7. The first-order valence-corrected chi connectivity index (χ1v) is 14.6. The quantitative estimate of drug-likeness (QED) is 0.244. The Morgan fingerprint density at radius 1 is 1.02 bits per heavy atom. The minimum absolute atomic E-state index is 0.0636. The summed E-state index contributed by atoms with van der Waals surface area (Å²) in [5.74, 6) is 1.53. The summed E-state index contributed by atoms with van der Waals surface area (Å²) >= 11 is 0.921. The second-order valence-corrected chi connectivity index (χ2v) is 11.2. The van der Waals surface area contributed by atoms with E-state index in [0.717, 1.165) is 54.9 Å². The zero-order chi connectivity index (χ0) is 29.0. The largest absolute Gasteiger partial charge is 0.416 e. The number of aromatic nitrogens is 2. The molecule has 41 heavy (non-hydrogen) atoms. The molecule has 5 nitrogen and oxygen atoms in total. The van der Waals surface area contributed by atoms with Crippen LogP contribution in [-0.4, -0.2) is 15.5 Å². The molecule has 1 fully saturated rings. The minimum Gasteiger partial charge on any atom is -0.337 e. The van der Waals surface area contributed by atoms with Crippen molar-refractivity contribution in [2.75, 3.05) is 4.90 Å². The maximum absolute atomic E-state index is 13.6. The zero-order valence-corrected chi connectivity index (χ0v) is 23.7. The number of hydrogen-bond acceptors (Lipinski definition) is 4. The molecule has 9 heteroatoms. The van der Waals surface area contributed by atoms with Gasteiger partial charge in [-0.05, 0) is 103 Å². The van der Waals surface area contributed by atoms with Gasteiger partial charge in [0.15, 0.2) is 0 Å². The fourth-order valence-electron chi connectivity index (χ4n) is 5.33. The molecule has 2 atom stereocenters. The van der Waals surface area contributed by atoms with E-state index in [-0.39, 0.29) is 11.8 Å². The first kappa shape index (κ1) is 29.0. The van der Waals surface area contributed by atoms with Gasteiger partial charge in [-0.2, -0.15) is 13.2 Å². The van der Waals surface area contributed by atoms with Crippen molar-refractivity contribution in [1.29, 1.82) is 0 Å². The molecule has 0 radical (unpaired) electrons. The lowest BCUT2D eigenvalue weighted by Crippen LogP contribution is -2.33. The number of aryl methyl sites for hydroxylation is 3. The van der Waals surface area contributed by atoms with E-state index in [9.17, 15) is 18.0 Å². The fourth-order valence-corrected chi connectivity index (χ4v) is 5.63. The maximum Gasteiger partial charge on any atom is 0.416 e. The summed E-state index contributed by atoms with van der Waals surface area (Å²) in [6.07, 6.45) is 5.18. The van der Waals surface area contributed by atoms with Crippen LogP contribution in [0.25, 0.3) is 0 Å². The third-order valence-corrected chi connectivity index (χ3v) is 8.33. The number of carbonyl (C=O) groups is 1. The summed E-state index contributed by atoms with van der Waals surface area (Å²) in [5.41, 5.74) is 4.48. The molecule has 2 aliphatic rings. The van der Waals surface area contributed by atoms with Crippen molar-refractivity contribution < 1.29 is 18.0 Å². The van der Waals surface area contributed by atoms with E-state index < -0.39 is 11.7 Å². The Hall–Kier alpha value is -3.56. The highest BCUT2D eigenvalue weighted by Gasteiger charge is 2.46. The number of nitrogens with zero attached hydrogens (tertiary/aromatic N) is 3. The normalized spacial score (nSPS) is 17.7. The molecular weight excluding hydrogens is 545 g/mol. The number of imidazole rings is 1. The summed E-state index contributed by atoms with van der Waals surface area (Å²) in [4.78, 5) is 20.6. The van der Waals surface area contributed by atoms with Crippen molar-refractivity contribution >= 4 is 23.5 Å². The molecule has 6 rings (SSSR count). The third-order valence-electron chi connectivity index (χ3n) is 7.78. The summed E-state index contributed by atoms with van der Waals surface area (Å²) in [6.45, 7) is 0.513. The molecule has 3 aromatic carbocycles. The summed E-state index contributed by atoms with van der Waals surface area (Å²) in [7, 11) is 1.99. The van der Waals surface area contributed by atoms with Crippen LogP contribution in [0.3, 0.4) is 0 Å². The molecule has 1 heterocycles. The number of hydrogen-bond donors (Lipinski definition) is 1. The van der Waals surface area contributed by atoms with Crippen LogP contribution in [0.1, 0.15) is 53.3 Å². The van der Waals surface area contributed by atoms with Gasteiger partial charge in [0.05, 0.1) is 12.1 Å². The van der Waals surface area contributed by atoms with Crippen LogP contribution in [0, 0.1) is 5.92 Å². The highest BCUT2D eigenvalue weighted by atomic mass is 32.2.